The zero-order valence-electron chi connectivity index (χ0n) is 5.11. The van der Waals surface area contributed by atoms with Gasteiger partial charge < -0.3 is 0 Å². The van der Waals surface area contributed by atoms with Gasteiger partial charge in [0.25, 0.3) is 0 Å². The van der Waals surface area contributed by atoms with Gasteiger partial charge in [-0.05, 0) is 0 Å². The minimum Gasteiger partial charge on any atom is -0.249 e. The van der Waals surface area contributed by atoms with Crippen molar-refractivity contribution in [2.24, 2.45) is 0 Å². The summed E-state index contributed by atoms with van der Waals surface area (Å²) < 4.78 is 47.7. The second kappa shape index (κ2) is 2.86. The van der Waals surface area contributed by atoms with Gasteiger partial charge in [0.1, 0.15) is 5.82 Å². The molecule has 0 amide bonds. The highest BCUT2D eigenvalue weighted by Gasteiger charge is 2.17. The third-order valence-electron chi connectivity index (χ3n) is 0.987. The summed E-state index contributed by atoms with van der Waals surface area (Å²) in [7, 11) is 0. The summed E-state index contributed by atoms with van der Waals surface area (Å²) in [6, 6.07) is 0.349. The van der Waals surface area contributed by atoms with E-state index < -0.39 is 23.8 Å². The Labute approximate surface area is 59.7 Å². The van der Waals surface area contributed by atoms with Crippen LogP contribution in [0.25, 0.3) is 0 Å². The molecule has 0 aliphatic carbocycles. The van der Waals surface area contributed by atoms with Crippen molar-refractivity contribution in [1.29, 1.82) is 0 Å². The summed E-state index contributed by atoms with van der Waals surface area (Å²) in [5, 5.41) is 0. The first-order chi connectivity index (χ1) is 5.11. The van der Waals surface area contributed by atoms with Gasteiger partial charge in [-0.3, -0.25) is 0 Å². The van der Waals surface area contributed by atoms with Gasteiger partial charge in [0.2, 0.25) is 0 Å². The normalized spacial score (nSPS) is 10.6. The van der Waals surface area contributed by atoms with Crippen LogP contribution in [0.4, 0.5) is 17.6 Å². The Morgan fingerprint density at radius 3 is 2.36 bits per heavy atom. The van der Waals surface area contributed by atoms with Crippen molar-refractivity contribution in [1.82, 2.24) is 4.98 Å². The van der Waals surface area contributed by atoms with Crippen molar-refractivity contribution < 1.29 is 17.6 Å². The molecule has 1 aromatic rings. The highest BCUT2D eigenvalue weighted by Crippen LogP contribution is 2.18. The van der Waals surface area contributed by atoms with Gasteiger partial charge in [0, 0.05) is 6.07 Å². The average Bonchev–Trinajstić information content (AvgIpc) is 1.85. The van der Waals surface area contributed by atoms with Crippen LogP contribution < -0.4 is 0 Å². The van der Waals surface area contributed by atoms with E-state index in [4.69, 9.17) is 0 Å². The van der Waals surface area contributed by atoms with Crippen LogP contribution in [0, 0.1) is 18.1 Å². The third-order valence-corrected chi connectivity index (χ3v) is 0.987. The lowest BCUT2D eigenvalue weighted by atomic mass is 10.3. The Morgan fingerprint density at radius 2 is 1.91 bits per heavy atom. The Kier molecular flexibility index (Phi) is 2.07. The van der Waals surface area contributed by atoms with Crippen LogP contribution in [-0.4, -0.2) is 4.98 Å². The van der Waals surface area contributed by atoms with Crippen LogP contribution in [0.3, 0.4) is 0 Å². The second-order valence-corrected chi connectivity index (χ2v) is 1.74. The molecule has 0 aromatic carbocycles. The molecule has 0 fully saturated rings. The molecule has 1 nitrogen and oxygen atoms in total. The molecule has 0 unspecified atom stereocenters. The molecule has 0 saturated heterocycles. The van der Waals surface area contributed by atoms with Crippen LogP contribution in [-0.2, 0) is 0 Å². The summed E-state index contributed by atoms with van der Waals surface area (Å²) >= 11 is 0. The van der Waals surface area contributed by atoms with Gasteiger partial charge in [-0.15, -0.1) is 0 Å². The highest BCUT2D eigenvalue weighted by molar-refractivity contribution is 5.16. The highest BCUT2D eigenvalue weighted by atomic mass is 19.3. The van der Waals surface area contributed by atoms with E-state index in [1.165, 1.54) is 0 Å². The summed E-state index contributed by atoms with van der Waals surface area (Å²) in [4.78, 5) is 2.84. The van der Waals surface area contributed by atoms with E-state index >= 15 is 0 Å². The van der Waals surface area contributed by atoms with Gasteiger partial charge in [0.15, 0.2) is 11.5 Å². The lowest BCUT2D eigenvalue weighted by Crippen LogP contribution is -1.96. The van der Waals surface area contributed by atoms with Crippen LogP contribution in [0.2, 0.25) is 0 Å². The Hall–Kier alpha value is -1.13. The summed E-state index contributed by atoms with van der Waals surface area (Å²) in [6.45, 7) is 0. The fourth-order valence-electron chi connectivity index (χ4n) is 0.554. The van der Waals surface area contributed by atoms with Crippen molar-refractivity contribution in [2.45, 2.75) is 0 Å². The summed E-state index contributed by atoms with van der Waals surface area (Å²) in [5.74, 6) is -2.34. The summed E-state index contributed by atoms with van der Waals surface area (Å²) in [6.07, 6.45) is -1.74. The van der Waals surface area contributed by atoms with Crippen molar-refractivity contribution in [3.8, 4) is 0 Å². The van der Waals surface area contributed by atoms with E-state index in [0.717, 1.165) is 0 Å². The molecule has 0 aliphatic heterocycles. The van der Waals surface area contributed by atoms with Crippen LogP contribution in [0.15, 0.2) is 12.3 Å². The van der Waals surface area contributed by atoms with Crippen molar-refractivity contribution in [2.75, 3.05) is 0 Å². The molecule has 1 radical (unpaired) electrons. The average molecular weight is 164 g/mol. The molecule has 1 aromatic heterocycles. The molecule has 0 bridgehead atoms. The maximum atomic E-state index is 12.3. The first-order valence-electron chi connectivity index (χ1n) is 2.60. The molecule has 0 atom stereocenters. The van der Waals surface area contributed by atoms with Gasteiger partial charge in [-0.25, -0.2) is 13.8 Å². The molecule has 0 N–H and O–H groups in total. The van der Waals surface area contributed by atoms with Crippen LogP contribution in [0.5, 0.6) is 0 Å². The molecule has 11 heavy (non-hydrogen) atoms. The Morgan fingerprint density at radius 1 is 1.27 bits per heavy atom. The Bertz CT molecular complexity index is 261. The quantitative estimate of drug-likeness (QED) is 0.579. The maximum Gasteiger partial charge on any atom is 0.360 e. The van der Waals surface area contributed by atoms with E-state index in [2.05, 4.69) is 4.98 Å². The number of halogens is 4. The number of aromatic nitrogens is 1. The first kappa shape index (κ1) is 7.97. The number of hydrogen-bond donors (Lipinski definition) is 0. The Balaban J connectivity index is 3.09. The molecule has 59 valence electrons. The van der Waals surface area contributed by atoms with Crippen molar-refractivity contribution in [3.05, 3.63) is 36.0 Å². The zero-order chi connectivity index (χ0) is 8.43. The topological polar surface area (TPSA) is 12.9 Å². The molecule has 5 heteroatoms. The van der Waals surface area contributed by atoms with Gasteiger partial charge in [0.05, 0.1) is 6.20 Å². The van der Waals surface area contributed by atoms with E-state index in [-0.39, 0.29) is 0 Å². The maximum absolute atomic E-state index is 12.3. The van der Waals surface area contributed by atoms with E-state index in [0.29, 0.717) is 12.3 Å². The minimum absolute atomic E-state index is 0.349. The fourth-order valence-corrected chi connectivity index (χ4v) is 0.554. The summed E-state index contributed by atoms with van der Waals surface area (Å²) in [5.41, 5.74) is -1.11. The molecular formula is C6H2F4N. The van der Waals surface area contributed by atoms with E-state index in [1.807, 2.05) is 0 Å². The fraction of sp³-hybridized carbons (Fsp3) is 0. The van der Waals surface area contributed by atoms with E-state index in [1.54, 1.807) is 0 Å². The van der Waals surface area contributed by atoms with Gasteiger partial charge in [-0.2, -0.15) is 8.78 Å². The van der Waals surface area contributed by atoms with Gasteiger partial charge >= 0.3 is 6.43 Å². The minimum atomic E-state index is -2.26. The molecule has 0 aliphatic rings. The molecular weight excluding hydrogens is 162 g/mol. The van der Waals surface area contributed by atoms with Crippen LogP contribution in [0.1, 0.15) is 5.69 Å². The predicted octanol–water partition coefficient (Wildman–Crippen LogP) is 2.14. The second-order valence-electron chi connectivity index (χ2n) is 1.74. The number of nitrogens with zero attached hydrogens (tertiary/aromatic N) is 1. The third kappa shape index (κ3) is 1.66. The van der Waals surface area contributed by atoms with Crippen molar-refractivity contribution in [3.63, 3.8) is 0 Å². The van der Waals surface area contributed by atoms with Crippen LogP contribution >= 0.6 is 0 Å². The molecule has 1 rings (SSSR count). The SMILES string of the molecule is F[C](F)c1ncc(F)cc1F. The standard InChI is InChI=1S/C6H2F4N/c7-3-1-4(8)5(6(9)10)11-2-3/h1-2H. The predicted molar refractivity (Wildman–Crippen MR) is 28.7 cm³/mol. The van der Waals surface area contributed by atoms with E-state index in [9.17, 15) is 17.6 Å². The number of pyridine rings is 1. The molecule has 0 spiro atoms. The number of rotatable bonds is 1. The largest absolute Gasteiger partial charge is 0.360 e. The monoisotopic (exact) mass is 164 g/mol. The molecule has 0 saturated carbocycles. The zero-order valence-corrected chi connectivity index (χ0v) is 5.11. The molecule has 1 heterocycles. The van der Waals surface area contributed by atoms with Gasteiger partial charge in [-0.1, -0.05) is 0 Å². The van der Waals surface area contributed by atoms with Crippen molar-refractivity contribution >= 4 is 0 Å². The first-order valence-corrected chi connectivity index (χ1v) is 2.60. The number of hydrogen-bond acceptors (Lipinski definition) is 1. The lowest BCUT2D eigenvalue weighted by molar-refractivity contribution is 0.310. The lowest BCUT2D eigenvalue weighted by Gasteiger charge is -1.96. The smallest absolute Gasteiger partial charge is 0.249 e.